The van der Waals surface area contributed by atoms with Crippen LogP contribution in [0.3, 0.4) is 0 Å². The number of anilines is 3. The monoisotopic (exact) mass is 746 g/mol. The van der Waals surface area contributed by atoms with Crippen LogP contribution in [0.1, 0.15) is 62.4 Å². The third-order valence-electron chi connectivity index (χ3n) is 10.1. The van der Waals surface area contributed by atoms with Gasteiger partial charge in [0.15, 0.2) is 5.60 Å². The van der Waals surface area contributed by atoms with Gasteiger partial charge in [0.1, 0.15) is 0 Å². The van der Waals surface area contributed by atoms with Crippen molar-refractivity contribution in [1.82, 2.24) is 15.0 Å². The van der Waals surface area contributed by atoms with Crippen LogP contribution < -0.4 is 15.5 Å². The van der Waals surface area contributed by atoms with Crippen LogP contribution in [-0.2, 0) is 23.5 Å². The summed E-state index contributed by atoms with van der Waals surface area (Å²) in [6.07, 6.45) is 6.10. The Balaban J connectivity index is 1.09. The van der Waals surface area contributed by atoms with E-state index in [1.165, 1.54) is 0 Å². The molecular formula is C45H42N6O5. The zero-order valence-electron chi connectivity index (χ0n) is 30.8. The summed E-state index contributed by atoms with van der Waals surface area (Å²) in [6, 6.07) is 39.8. The number of amides is 3. The molecule has 56 heavy (non-hydrogen) atoms. The molecule has 0 radical (unpaired) electrons. The third kappa shape index (κ3) is 8.04. The zero-order valence-corrected chi connectivity index (χ0v) is 30.8. The van der Waals surface area contributed by atoms with Crippen LogP contribution in [0.15, 0.2) is 152 Å². The van der Waals surface area contributed by atoms with E-state index in [0.29, 0.717) is 52.4 Å². The summed E-state index contributed by atoms with van der Waals surface area (Å²) in [5, 5.41) is 36.8. The second kappa shape index (κ2) is 16.8. The molecular weight excluding hydrogens is 705 g/mol. The van der Waals surface area contributed by atoms with Gasteiger partial charge in [-0.3, -0.25) is 19.1 Å². The topological polar surface area (TPSA) is 150 Å². The Morgan fingerprint density at radius 2 is 1.39 bits per heavy atom. The highest BCUT2D eigenvalue weighted by molar-refractivity contribution is 6.09. The van der Waals surface area contributed by atoms with Gasteiger partial charge in [-0.1, -0.05) is 103 Å². The van der Waals surface area contributed by atoms with E-state index in [4.69, 9.17) is 0 Å². The van der Waals surface area contributed by atoms with Crippen LogP contribution in [0.4, 0.5) is 17.1 Å². The second-order valence-electron chi connectivity index (χ2n) is 13.8. The Morgan fingerprint density at radius 3 is 2.02 bits per heavy atom. The number of aromatic nitrogens is 3. The van der Waals surface area contributed by atoms with E-state index in [-0.39, 0.29) is 30.9 Å². The number of nitrogens with one attached hydrogen (secondary N) is 2. The quantitative estimate of drug-likeness (QED) is 0.0884. The fourth-order valence-electron chi connectivity index (χ4n) is 6.93. The number of aliphatic hydroxyl groups excluding tert-OH is 1. The Bertz CT molecular complexity index is 2330. The molecule has 1 aromatic heterocycles. The van der Waals surface area contributed by atoms with Crippen molar-refractivity contribution in [2.45, 2.75) is 38.0 Å². The SMILES string of the molecule is C[C@H](/C=C/CCn1cc(C(CO)c2ccccc2)nn1)[C@@]1(O)C(=O)N(Cc2ccc(NC(=O)c3ccccc3)cc2)c2ccc(NC(=O)c3ccccc3)cc21. The van der Waals surface area contributed by atoms with Crippen LogP contribution in [0.2, 0.25) is 0 Å². The number of aliphatic hydroxyl groups is 2. The van der Waals surface area contributed by atoms with Crippen molar-refractivity contribution in [2.24, 2.45) is 5.92 Å². The van der Waals surface area contributed by atoms with Crippen LogP contribution in [0.25, 0.3) is 0 Å². The maximum absolute atomic E-state index is 14.4. The molecule has 3 atom stereocenters. The summed E-state index contributed by atoms with van der Waals surface area (Å²) in [5.41, 5.74) is 3.46. The first kappa shape index (κ1) is 37.6. The number of hydrogen-bond donors (Lipinski definition) is 4. The minimum atomic E-state index is -1.94. The van der Waals surface area contributed by atoms with Gasteiger partial charge in [-0.2, -0.15) is 0 Å². The number of aryl methyl sites for hydroxylation is 1. The molecule has 0 saturated heterocycles. The number of rotatable bonds is 14. The van der Waals surface area contributed by atoms with Gasteiger partial charge in [0.2, 0.25) is 0 Å². The zero-order chi connectivity index (χ0) is 39.1. The lowest BCUT2D eigenvalue weighted by atomic mass is 9.82. The Labute approximate surface area is 324 Å². The molecule has 11 heteroatoms. The lowest BCUT2D eigenvalue weighted by Gasteiger charge is -2.28. The van der Waals surface area contributed by atoms with Crippen molar-refractivity contribution < 1.29 is 24.6 Å². The first-order chi connectivity index (χ1) is 27.2. The largest absolute Gasteiger partial charge is 0.395 e. The summed E-state index contributed by atoms with van der Waals surface area (Å²) in [6.45, 7) is 2.36. The smallest absolute Gasteiger partial charge is 0.264 e. The number of benzene rings is 5. The van der Waals surface area contributed by atoms with Gasteiger partial charge in [0.25, 0.3) is 17.7 Å². The minimum Gasteiger partial charge on any atom is -0.395 e. The minimum absolute atomic E-state index is 0.0961. The molecule has 3 amide bonds. The molecule has 0 saturated carbocycles. The molecule has 2 heterocycles. The summed E-state index contributed by atoms with van der Waals surface area (Å²) in [5.74, 6) is -1.97. The molecule has 0 bridgehead atoms. The fraction of sp³-hybridized carbons (Fsp3) is 0.178. The Kier molecular flexibility index (Phi) is 11.3. The van der Waals surface area contributed by atoms with E-state index in [1.54, 1.807) is 95.4 Å². The molecule has 0 aliphatic carbocycles. The summed E-state index contributed by atoms with van der Waals surface area (Å²) in [7, 11) is 0. The summed E-state index contributed by atoms with van der Waals surface area (Å²) >= 11 is 0. The van der Waals surface area contributed by atoms with Gasteiger partial charge in [-0.25, -0.2) is 0 Å². The number of hydrogen-bond acceptors (Lipinski definition) is 7. The van der Waals surface area contributed by atoms with Gasteiger partial charge in [-0.05, 0) is 72.1 Å². The molecule has 282 valence electrons. The highest BCUT2D eigenvalue weighted by Gasteiger charge is 2.52. The molecule has 11 nitrogen and oxygen atoms in total. The molecule has 0 spiro atoms. The Hall–Kier alpha value is -6.69. The standard InChI is InChI=1S/C45H42N6O5/c1-31(13-11-12-26-50-29-40(48-49-50)38(30-52)33-14-5-2-6-15-33)45(56)39-27-37(47-43(54)35-18-9-4-10-19-35)24-25-41(39)51(44(45)55)28-32-20-22-36(23-21-32)46-42(53)34-16-7-3-8-17-34/h2-11,13-25,27,29,31,38,52,56H,12,26,28,30H2,1H3,(H,46,53)(H,47,54)/b13-11+/t31-,38?,45+/m1/s1. The molecule has 5 aromatic carbocycles. The average Bonchev–Trinajstić information content (AvgIpc) is 3.78. The van der Waals surface area contributed by atoms with Gasteiger partial charge >= 0.3 is 0 Å². The average molecular weight is 747 g/mol. The maximum atomic E-state index is 14.4. The van der Waals surface area contributed by atoms with Crippen LogP contribution >= 0.6 is 0 Å². The number of carbonyl (C=O) groups excluding carboxylic acids is 3. The third-order valence-corrected chi connectivity index (χ3v) is 10.1. The van der Waals surface area contributed by atoms with Crippen molar-refractivity contribution in [3.63, 3.8) is 0 Å². The van der Waals surface area contributed by atoms with E-state index in [9.17, 15) is 24.6 Å². The van der Waals surface area contributed by atoms with Gasteiger partial charge in [0.05, 0.1) is 30.5 Å². The van der Waals surface area contributed by atoms with Crippen LogP contribution in [-0.4, -0.2) is 49.5 Å². The molecule has 0 fully saturated rings. The normalized spacial score (nSPS) is 16.1. The van der Waals surface area contributed by atoms with Crippen molar-refractivity contribution in [3.8, 4) is 0 Å². The van der Waals surface area contributed by atoms with Gasteiger partial charge in [0, 0.05) is 46.7 Å². The molecule has 6 aromatic rings. The highest BCUT2D eigenvalue weighted by Crippen LogP contribution is 2.47. The fourth-order valence-corrected chi connectivity index (χ4v) is 6.93. The van der Waals surface area contributed by atoms with Crippen molar-refractivity contribution in [3.05, 3.63) is 185 Å². The Morgan fingerprint density at radius 1 is 0.804 bits per heavy atom. The molecule has 1 unspecified atom stereocenters. The van der Waals surface area contributed by atoms with E-state index in [0.717, 1.165) is 11.1 Å². The lowest BCUT2D eigenvalue weighted by Crippen LogP contribution is -2.44. The van der Waals surface area contributed by atoms with Crippen LogP contribution in [0.5, 0.6) is 0 Å². The molecule has 7 rings (SSSR count). The first-order valence-corrected chi connectivity index (χ1v) is 18.5. The predicted octanol–water partition coefficient (Wildman–Crippen LogP) is 6.92. The van der Waals surface area contributed by atoms with Crippen molar-refractivity contribution >= 4 is 34.8 Å². The first-order valence-electron chi connectivity index (χ1n) is 18.5. The molecule has 1 aliphatic rings. The summed E-state index contributed by atoms with van der Waals surface area (Å²) < 4.78 is 1.71. The number of allylic oxidation sites excluding steroid dienone is 1. The maximum Gasteiger partial charge on any atom is 0.264 e. The number of fused-ring (bicyclic) bond motifs is 1. The summed E-state index contributed by atoms with van der Waals surface area (Å²) in [4.78, 5) is 41.7. The predicted molar refractivity (Wildman–Crippen MR) is 215 cm³/mol. The van der Waals surface area contributed by atoms with E-state index in [1.807, 2.05) is 72.9 Å². The molecule has 4 N–H and O–H groups in total. The van der Waals surface area contributed by atoms with Crippen LogP contribution in [0, 0.1) is 5.92 Å². The van der Waals surface area contributed by atoms with Gasteiger partial charge < -0.3 is 25.7 Å². The number of carbonyl (C=O) groups is 3. The van der Waals surface area contributed by atoms with E-state index < -0.39 is 17.4 Å². The van der Waals surface area contributed by atoms with E-state index in [2.05, 4.69) is 20.9 Å². The second-order valence-corrected chi connectivity index (χ2v) is 13.8. The van der Waals surface area contributed by atoms with E-state index >= 15 is 0 Å². The number of nitrogens with zero attached hydrogens (tertiary/aromatic N) is 4. The van der Waals surface area contributed by atoms with Crippen molar-refractivity contribution in [1.29, 1.82) is 0 Å². The van der Waals surface area contributed by atoms with Crippen molar-refractivity contribution in [2.75, 3.05) is 22.1 Å². The highest BCUT2D eigenvalue weighted by atomic mass is 16.3. The molecule has 1 aliphatic heterocycles. The van der Waals surface area contributed by atoms with Gasteiger partial charge in [-0.15, -0.1) is 5.10 Å². The lowest BCUT2D eigenvalue weighted by molar-refractivity contribution is -0.139.